The summed E-state index contributed by atoms with van der Waals surface area (Å²) in [6.07, 6.45) is 0.856. The molecule has 0 spiro atoms. The van der Waals surface area contributed by atoms with E-state index in [4.69, 9.17) is 5.11 Å². The summed E-state index contributed by atoms with van der Waals surface area (Å²) in [5.74, 6) is -0.848. The molecule has 17 heavy (non-hydrogen) atoms. The number of halogens is 1. The Hall–Kier alpha value is -0.880. The monoisotopic (exact) mass is 303 g/mol. The Morgan fingerprint density at radius 1 is 1.59 bits per heavy atom. The van der Waals surface area contributed by atoms with Crippen molar-refractivity contribution in [3.8, 4) is 0 Å². The minimum absolute atomic E-state index is 0.495. The highest BCUT2D eigenvalue weighted by Crippen LogP contribution is 2.22. The summed E-state index contributed by atoms with van der Waals surface area (Å²) in [5.41, 5.74) is 2.00. The van der Waals surface area contributed by atoms with Gasteiger partial charge >= 0.3 is 5.97 Å². The van der Waals surface area contributed by atoms with Crippen LogP contribution < -0.4 is 5.32 Å². The van der Waals surface area contributed by atoms with Gasteiger partial charge in [0, 0.05) is 13.1 Å². The van der Waals surface area contributed by atoms with Crippen LogP contribution in [0, 0.1) is 0 Å². The lowest BCUT2D eigenvalue weighted by molar-refractivity contribution is -0.139. The molecule has 1 atom stereocenters. The number of nitrogens with one attached hydrogen (secondary N) is 1. The number of aromatic nitrogens is 2. The van der Waals surface area contributed by atoms with Crippen molar-refractivity contribution in [3.63, 3.8) is 0 Å². The average molecular weight is 304 g/mol. The van der Waals surface area contributed by atoms with E-state index in [9.17, 15) is 4.79 Å². The number of hydrogen-bond acceptors (Lipinski definition) is 3. The summed E-state index contributed by atoms with van der Waals surface area (Å²) < 4.78 is 2.87. The normalized spacial score (nSPS) is 12.7. The minimum atomic E-state index is -0.848. The van der Waals surface area contributed by atoms with Crippen molar-refractivity contribution < 1.29 is 9.90 Å². The maximum absolute atomic E-state index is 10.7. The first-order chi connectivity index (χ1) is 8.01. The Morgan fingerprint density at radius 3 is 2.71 bits per heavy atom. The summed E-state index contributed by atoms with van der Waals surface area (Å²) >= 11 is 3.52. The molecule has 96 valence electrons. The molecule has 5 nitrogen and oxygen atoms in total. The molecule has 1 heterocycles. The summed E-state index contributed by atoms with van der Waals surface area (Å²) in [6, 6.07) is -0.563. The number of carbonyl (C=O) groups is 1. The maximum Gasteiger partial charge on any atom is 0.320 e. The molecule has 6 heteroatoms. The van der Waals surface area contributed by atoms with Crippen LogP contribution in [0.4, 0.5) is 0 Å². The van der Waals surface area contributed by atoms with Crippen LogP contribution in [-0.2, 0) is 24.3 Å². The lowest BCUT2D eigenvalue weighted by Crippen LogP contribution is -2.33. The lowest BCUT2D eigenvalue weighted by Gasteiger charge is -2.10. The van der Waals surface area contributed by atoms with E-state index in [1.807, 2.05) is 18.5 Å². The second kappa shape index (κ2) is 6.16. The molecule has 0 bridgehead atoms. The first-order valence-electron chi connectivity index (χ1n) is 5.71. The molecule has 0 amide bonds. The third-order valence-corrected chi connectivity index (χ3v) is 3.56. The first-order valence-corrected chi connectivity index (χ1v) is 6.50. The van der Waals surface area contributed by atoms with Crippen LogP contribution in [0.5, 0.6) is 0 Å². The molecule has 0 aliphatic heterocycles. The van der Waals surface area contributed by atoms with E-state index < -0.39 is 12.0 Å². The fraction of sp³-hybridized carbons (Fsp3) is 0.636. The molecule has 1 aromatic heterocycles. The summed E-state index contributed by atoms with van der Waals surface area (Å²) in [5, 5.41) is 16.2. The predicted octanol–water partition coefficient (Wildman–Crippen LogP) is 1.79. The van der Waals surface area contributed by atoms with E-state index in [0.717, 1.165) is 28.8 Å². The Labute approximate surface area is 109 Å². The maximum atomic E-state index is 10.7. The van der Waals surface area contributed by atoms with Gasteiger partial charge in [0.1, 0.15) is 6.04 Å². The smallest absolute Gasteiger partial charge is 0.320 e. The Kier molecular flexibility index (Phi) is 5.14. The average Bonchev–Trinajstić information content (AvgIpc) is 2.62. The third kappa shape index (κ3) is 3.29. The van der Waals surface area contributed by atoms with Gasteiger partial charge < -0.3 is 5.11 Å². The van der Waals surface area contributed by atoms with Crippen LogP contribution in [0.1, 0.15) is 32.2 Å². The van der Waals surface area contributed by atoms with Crippen molar-refractivity contribution in [2.24, 2.45) is 0 Å². The zero-order chi connectivity index (χ0) is 13.0. The van der Waals surface area contributed by atoms with Crippen LogP contribution in [0.2, 0.25) is 0 Å². The lowest BCUT2D eigenvalue weighted by atomic mass is 10.3. The fourth-order valence-corrected chi connectivity index (χ4v) is 2.23. The quantitative estimate of drug-likeness (QED) is 0.841. The van der Waals surface area contributed by atoms with E-state index >= 15 is 0 Å². The van der Waals surface area contributed by atoms with Crippen LogP contribution in [-0.4, -0.2) is 26.9 Å². The molecule has 2 N–H and O–H groups in total. The largest absolute Gasteiger partial charge is 0.480 e. The van der Waals surface area contributed by atoms with E-state index in [-0.39, 0.29) is 0 Å². The van der Waals surface area contributed by atoms with E-state index in [0.29, 0.717) is 6.54 Å². The second-order valence-corrected chi connectivity index (χ2v) is 4.61. The molecular formula is C11H18BrN3O2. The molecule has 0 radical (unpaired) electrons. The van der Waals surface area contributed by atoms with Gasteiger partial charge in [-0.3, -0.25) is 14.8 Å². The number of carboxylic acids is 1. The van der Waals surface area contributed by atoms with Crippen molar-refractivity contribution >= 4 is 21.9 Å². The standard InChI is InChI=1S/C11H18BrN3O2/c1-4-8-10(12)9(15(5-2)14-8)6-13-7(3)11(16)17/h7,13H,4-6H2,1-3H3,(H,16,17)/t7-/m0/s1. The molecule has 0 unspecified atom stereocenters. The zero-order valence-electron chi connectivity index (χ0n) is 10.3. The van der Waals surface area contributed by atoms with Crippen molar-refractivity contribution in [2.45, 2.75) is 46.3 Å². The van der Waals surface area contributed by atoms with Gasteiger partial charge in [-0.05, 0) is 36.2 Å². The van der Waals surface area contributed by atoms with E-state index in [2.05, 4.69) is 26.3 Å². The molecule has 1 aromatic rings. The van der Waals surface area contributed by atoms with Gasteiger partial charge in [0.2, 0.25) is 0 Å². The van der Waals surface area contributed by atoms with Gasteiger partial charge in [0.05, 0.1) is 15.9 Å². The van der Waals surface area contributed by atoms with Gasteiger partial charge in [-0.15, -0.1) is 0 Å². The number of rotatable bonds is 6. The molecule has 0 saturated heterocycles. The van der Waals surface area contributed by atoms with Crippen molar-refractivity contribution in [2.75, 3.05) is 0 Å². The first kappa shape index (κ1) is 14.2. The Bertz CT molecular complexity index is 404. The highest BCUT2D eigenvalue weighted by atomic mass is 79.9. The van der Waals surface area contributed by atoms with Crippen molar-refractivity contribution in [1.82, 2.24) is 15.1 Å². The highest BCUT2D eigenvalue weighted by Gasteiger charge is 2.16. The number of aryl methyl sites for hydroxylation is 2. The van der Waals surface area contributed by atoms with Crippen molar-refractivity contribution in [1.29, 1.82) is 0 Å². The molecule has 0 fully saturated rings. The molecule has 0 aliphatic carbocycles. The number of aliphatic carboxylic acids is 1. The molecule has 0 aromatic carbocycles. The third-order valence-electron chi connectivity index (χ3n) is 2.64. The molecule has 1 rings (SSSR count). The minimum Gasteiger partial charge on any atom is -0.480 e. The zero-order valence-corrected chi connectivity index (χ0v) is 11.9. The topological polar surface area (TPSA) is 67.2 Å². The van der Waals surface area contributed by atoms with Gasteiger partial charge in [-0.1, -0.05) is 6.92 Å². The van der Waals surface area contributed by atoms with Crippen LogP contribution >= 0.6 is 15.9 Å². The van der Waals surface area contributed by atoms with E-state index in [1.54, 1.807) is 6.92 Å². The van der Waals surface area contributed by atoms with Gasteiger partial charge in [-0.2, -0.15) is 5.10 Å². The number of carboxylic acid groups (broad SMARTS) is 1. The Balaban J connectivity index is 2.82. The predicted molar refractivity (Wildman–Crippen MR) is 68.9 cm³/mol. The molecule has 0 aliphatic rings. The van der Waals surface area contributed by atoms with Crippen LogP contribution in [0.25, 0.3) is 0 Å². The summed E-state index contributed by atoms with van der Waals surface area (Å²) in [7, 11) is 0. The highest BCUT2D eigenvalue weighted by molar-refractivity contribution is 9.10. The fourth-order valence-electron chi connectivity index (χ4n) is 1.52. The molecule has 0 saturated carbocycles. The van der Waals surface area contributed by atoms with Crippen molar-refractivity contribution in [3.05, 3.63) is 15.9 Å². The molecular weight excluding hydrogens is 286 g/mol. The number of nitrogens with zero attached hydrogens (tertiary/aromatic N) is 2. The SMILES string of the molecule is CCc1nn(CC)c(CN[C@@H](C)C(=O)O)c1Br. The second-order valence-electron chi connectivity index (χ2n) is 3.82. The van der Waals surface area contributed by atoms with Gasteiger partial charge in [-0.25, -0.2) is 0 Å². The van der Waals surface area contributed by atoms with Crippen LogP contribution in [0.3, 0.4) is 0 Å². The van der Waals surface area contributed by atoms with Gasteiger partial charge in [0.25, 0.3) is 0 Å². The van der Waals surface area contributed by atoms with E-state index in [1.165, 1.54) is 0 Å². The van der Waals surface area contributed by atoms with Crippen LogP contribution in [0.15, 0.2) is 4.47 Å². The Morgan fingerprint density at radius 2 is 2.24 bits per heavy atom. The number of hydrogen-bond donors (Lipinski definition) is 2. The summed E-state index contributed by atoms with van der Waals surface area (Å²) in [6.45, 7) is 6.96. The van der Waals surface area contributed by atoms with Gasteiger partial charge in [0.15, 0.2) is 0 Å². The summed E-state index contributed by atoms with van der Waals surface area (Å²) in [4.78, 5) is 10.7.